The van der Waals surface area contributed by atoms with Gasteiger partial charge >= 0.3 is 6.09 Å². The van der Waals surface area contributed by atoms with Crippen molar-refractivity contribution in [3.05, 3.63) is 48.3 Å². The molecule has 3 N–H and O–H groups in total. The first-order chi connectivity index (χ1) is 12.2. The lowest BCUT2D eigenvalue weighted by atomic mass is 9.97. The second-order valence-corrected chi connectivity index (χ2v) is 6.56. The van der Waals surface area contributed by atoms with E-state index in [0.29, 0.717) is 18.8 Å². The average Bonchev–Trinajstić information content (AvgIpc) is 2.86. The molecule has 0 spiro atoms. The number of carboxylic acid groups (broad SMARTS) is 1. The molecule has 1 unspecified atom stereocenters. The van der Waals surface area contributed by atoms with Crippen LogP contribution in [0.4, 0.5) is 4.79 Å². The first-order valence-electron chi connectivity index (χ1n) is 8.87. The molecule has 3 rings (SSSR count). The highest BCUT2D eigenvalue weighted by Gasteiger charge is 2.38. The lowest BCUT2D eigenvalue weighted by molar-refractivity contribution is -1.00. The van der Waals surface area contributed by atoms with Gasteiger partial charge in [-0.15, -0.1) is 15.6 Å². The largest absolute Gasteiger partial charge is 0.466 e. The number of allylic oxidation sites excluding steroid dienone is 3. The molecule has 0 aromatic rings. The van der Waals surface area contributed by atoms with Crippen LogP contribution in [0.25, 0.3) is 0 Å². The second-order valence-electron chi connectivity index (χ2n) is 6.56. The normalized spacial score (nSPS) is 23.4. The van der Waals surface area contributed by atoms with E-state index in [0.717, 1.165) is 44.1 Å². The number of amides is 1. The zero-order chi connectivity index (χ0) is 17.5. The quantitative estimate of drug-likeness (QED) is 0.666. The Balaban J connectivity index is 1.87. The van der Waals surface area contributed by atoms with Gasteiger partial charge in [-0.25, -0.2) is 4.79 Å². The van der Waals surface area contributed by atoms with Gasteiger partial charge in [0.1, 0.15) is 37.9 Å². The molecule has 1 fully saturated rings. The van der Waals surface area contributed by atoms with Crippen molar-refractivity contribution in [2.45, 2.75) is 44.6 Å². The summed E-state index contributed by atoms with van der Waals surface area (Å²) < 4.78 is 11.1. The second kappa shape index (κ2) is 8.22. The monoisotopic (exact) mass is 348 g/mol. The Kier molecular flexibility index (Phi) is 5.78. The van der Waals surface area contributed by atoms with Crippen LogP contribution in [0, 0.1) is 0 Å². The summed E-state index contributed by atoms with van der Waals surface area (Å²) >= 11 is 0. The van der Waals surface area contributed by atoms with E-state index in [-0.39, 0.29) is 10.7 Å². The minimum absolute atomic E-state index is 0.130. The van der Waals surface area contributed by atoms with Crippen LogP contribution in [-0.2, 0) is 9.47 Å². The van der Waals surface area contributed by atoms with Gasteiger partial charge in [0.2, 0.25) is 0 Å². The summed E-state index contributed by atoms with van der Waals surface area (Å²) in [6.07, 6.45) is 15.8. The van der Waals surface area contributed by atoms with Crippen molar-refractivity contribution in [3.63, 3.8) is 0 Å². The summed E-state index contributed by atoms with van der Waals surface area (Å²) in [5, 5.41) is 9.38. The van der Waals surface area contributed by atoms with Gasteiger partial charge in [-0.05, 0) is 31.3 Å². The molecule has 1 aliphatic carbocycles. The van der Waals surface area contributed by atoms with Crippen molar-refractivity contribution < 1.29 is 24.1 Å². The van der Waals surface area contributed by atoms with Crippen molar-refractivity contribution in [2.75, 3.05) is 13.1 Å². The number of rotatable bonds is 5. The third kappa shape index (κ3) is 4.64. The number of hydrogen-bond donors (Lipinski definition) is 3. The predicted molar refractivity (Wildman–Crippen MR) is 92.4 cm³/mol. The fourth-order valence-corrected chi connectivity index (χ4v) is 3.53. The van der Waals surface area contributed by atoms with Crippen molar-refractivity contribution in [1.29, 1.82) is 0 Å². The maximum atomic E-state index is 11.4. The van der Waals surface area contributed by atoms with E-state index in [2.05, 4.69) is 23.0 Å². The molecule has 1 amide bonds. The third-order valence-corrected chi connectivity index (χ3v) is 4.74. The molecule has 1 saturated heterocycles. The lowest BCUT2D eigenvalue weighted by Gasteiger charge is -2.39. The fraction of sp³-hybridized carbons (Fsp3) is 0.500. The van der Waals surface area contributed by atoms with Crippen LogP contribution in [0.15, 0.2) is 48.3 Å². The molecule has 0 radical (unpaired) electrons. The summed E-state index contributed by atoms with van der Waals surface area (Å²) in [5.41, 5.74) is 7.37. The SMILES string of the molecule is O=C(O)N[N+]1(NC(C2=CC=CCC2)C2=COC=CO2)CCCCCC1. The van der Waals surface area contributed by atoms with Crippen LogP contribution in [0.3, 0.4) is 0 Å². The standard InChI is InChI=1S/C18H25N3O4/c22-18(23)20-21(10-6-1-2-7-11-21)19-17(15-8-4-3-5-9-15)16-14-24-12-13-25-16/h3-4,8,12-14,17,19-20H,1-2,5-7,9-11H2/p+1. The van der Waals surface area contributed by atoms with E-state index < -0.39 is 6.09 Å². The highest BCUT2D eigenvalue weighted by molar-refractivity contribution is 5.62. The minimum atomic E-state index is -1.03. The van der Waals surface area contributed by atoms with Crippen LogP contribution < -0.4 is 10.9 Å². The van der Waals surface area contributed by atoms with Gasteiger partial charge in [-0.1, -0.05) is 18.2 Å². The zero-order valence-electron chi connectivity index (χ0n) is 14.3. The van der Waals surface area contributed by atoms with E-state index in [1.54, 1.807) is 6.26 Å². The average molecular weight is 348 g/mol. The molecule has 7 nitrogen and oxygen atoms in total. The molecule has 0 bridgehead atoms. The highest BCUT2D eigenvalue weighted by atomic mass is 16.5. The molecule has 3 aliphatic rings. The summed E-state index contributed by atoms with van der Waals surface area (Å²) in [5.74, 6) is 0.637. The number of ether oxygens (including phenoxy) is 2. The Morgan fingerprint density at radius 1 is 1.20 bits per heavy atom. The number of nitrogens with one attached hydrogen (secondary N) is 2. The summed E-state index contributed by atoms with van der Waals surface area (Å²) in [6, 6.07) is -0.250. The van der Waals surface area contributed by atoms with Crippen LogP contribution in [0.5, 0.6) is 0 Å². The molecular weight excluding hydrogens is 322 g/mol. The molecule has 0 aromatic carbocycles. The lowest BCUT2D eigenvalue weighted by Crippen LogP contribution is -2.70. The Morgan fingerprint density at radius 2 is 2.00 bits per heavy atom. The first-order valence-corrected chi connectivity index (χ1v) is 8.87. The molecule has 7 heteroatoms. The minimum Gasteiger partial charge on any atom is -0.466 e. The maximum Gasteiger partial charge on any atom is 0.451 e. The number of quaternary nitrogens is 1. The van der Waals surface area contributed by atoms with Crippen LogP contribution in [0.2, 0.25) is 0 Å². The van der Waals surface area contributed by atoms with Crippen molar-refractivity contribution in [1.82, 2.24) is 10.9 Å². The Bertz CT molecular complexity index is 601. The molecule has 0 aromatic heterocycles. The van der Waals surface area contributed by atoms with Crippen molar-refractivity contribution in [3.8, 4) is 0 Å². The predicted octanol–water partition coefficient (Wildman–Crippen LogP) is 3.07. The molecule has 0 saturated carbocycles. The molecule has 2 heterocycles. The van der Waals surface area contributed by atoms with E-state index in [1.165, 1.54) is 12.5 Å². The molecule has 25 heavy (non-hydrogen) atoms. The highest BCUT2D eigenvalue weighted by Crippen LogP contribution is 2.26. The molecule has 1 atom stereocenters. The Morgan fingerprint density at radius 3 is 2.60 bits per heavy atom. The van der Waals surface area contributed by atoms with Gasteiger partial charge in [0, 0.05) is 12.8 Å². The molecule has 2 aliphatic heterocycles. The summed E-state index contributed by atoms with van der Waals surface area (Å²) in [4.78, 5) is 11.4. The number of hydrogen-bond acceptors (Lipinski definition) is 4. The Labute approximate surface area is 147 Å². The summed E-state index contributed by atoms with van der Waals surface area (Å²) in [6.45, 7) is 1.41. The van der Waals surface area contributed by atoms with Crippen LogP contribution in [-0.4, -0.2) is 35.0 Å². The maximum absolute atomic E-state index is 11.4. The summed E-state index contributed by atoms with van der Waals surface area (Å²) in [7, 11) is 0. The van der Waals surface area contributed by atoms with Crippen LogP contribution >= 0.6 is 0 Å². The van der Waals surface area contributed by atoms with Gasteiger partial charge in [0.05, 0.1) is 0 Å². The van der Waals surface area contributed by atoms with E-state index in [9.17, 15) is 9.90 Å². The van der Waals surface area contributed by atoms with Crippen molar-refractivity contribution >= 4 is 6.09 Å². The number of carbonyl (C=O) groups is 1. The topological polar surface area (TPSA) is 79.8 Å². The molecular formula is C18H26N3O4+. The third-order valence-electron chi connectivity index (χ3n) is 4.74. The zero-order valence-corrected chi connectivity index (χ0v) is 14.3. The van der Waals surface area contributed by atoms with E-state index >= 15 is 0 Å². The van der Waals surface area contributed by atoms with Crippen LogP contribution in [0.1, 0.15) is 38.5 Å². The van der Waals surface area contributed by atoms with Crippen molar-refractivity contribution in [2.24, 2.45) is 0 Å². The van der Waals surface area contributed by atoms with Gasteiger partial charge in [0.25, 0.3) is 0 Å². The Hall–Kier alpha value is -2.25. The first kappa shape index (κ1) is 17.6. The smallest absolute Gasteiger partial charge is 0.451 e. The van der Waals surface area contributed by atoms with Gasteiger partial charge in [-0.3, -0.25) is 0 Å². The van der Waals surface area contributed by atoms with E-state index in [4.69, 9.17) is 9.47 Å². The van der Waals surface area contributed by atoms with Gasteiger partial charge in [-0.2, -0.15) is 0 Å². The van der Waals surface area contributed by atoms with Gasteiger partial charge < -0.3 is 14.6 Å². The number of nitrogens with zero attached hydrogens (tertiary/aromatic N) is 1. The fourth-order valence-electron chi connectivity index (χ4n) is 3.53. The molecule has 136 valence electrons. The van der Waals surface area contributed by atoms with E-state index in [1.807, 2.05) is 6.08 Å². The van der Waals surface area contributed by atoms with Gasteiger partial charge in [0.15, 0.2) is 5.76 Å².